The molecule has 1 aromatic heterocycles. The minimum atomic E-state index is -3.51. The summed E-state index contributed by atoms with van der Waals surface area (Å²) in [5.41, 5.74) is 6.81. The van der Waals surface area contributed by atoms with Gasteiger partial charge in [0.05, 0.1) is 17.2 Å². The number of ether oxygens (including phenoxy) is 1. The van der Waals surface area contributed by atoms with Crippen LogP contribution in [-0.4, -0.2) is 48.9 Å². The maximum absolute atomic E-state index is 14.0. The summed E-state index contributed by atoms with van der Waals surface area (Å²) >= 11 is 0. The first-order chi connectivity index (χ1) is 15.7. The van der Waals surface area contributed by atoms with Crippen molar-refractivity contribution in [3.8, 4) is 0 Å². The van der Waals surface area contributed by atoms with Crippen LogP contribution in [0.4, 0.5) is 21.8 Å². The highest BCUT2D eigenvalue weighted by atomic mass is 32.2. The predicted octanol–water partition coefficient (Wildman–Crippen LogP) is 2.74. The number of hydrogen-bond acceptors (Lipinski definition) is 9. The summed E-state index contributed by atoms with van der Waals surface area (Å²) in [6, 6.07) is 13.3. The zero-order chi connectivity index (χ0) is 24.4. The molecule has 9 nitrogen and oxygen atoms in total. The van der Waals surface area contributed by atoms with Crippen LogP contribution in [0.1, 0.15) is 22.8 Å². The maximum atomic E-state index is 14.0. The average Bonchev–Trinajstić information content (AvgIpc) is 2.76. The van der Waals surface area contributed by atoms with Gasteiger partial charge < -0.3 is 20.9 Å². The Morgan fingerprint density at radius 2 is 1.91 bits per heavy atom. The molecule has 0 spiro atoms. The van der Waals surface area contributed by atoms with E-state index in [-0.39, 0.29) is 41.1 Å². The number of nitrogens with zero attached hydrogens (tertiary/aromatic N) is 2. The summed E-state index contributed by atoms with van der Waals surface area (Å²) in [6.45, 7) is 2.06. The number of carbonyl (C=O) groups excluding carboxylic acids is 1. The quantitative estimate of drug-likeness (QED) is 0.438. The Morgan fingerprint density at radius 3 is 2.45 bits per heavy atom. The number of nitrogen functional groups attached to an aromatic ring is 1. The Balaban J connectivity index is 0.000000357. The van der Waals surface area contributed by atoms with Gasteiger partial charge in [0, 0.05) is 19.1 Å². The molecule has 0 radical (unpaired) electrons. The number of benzene rings is 2. The molecule has 3 aromatic rings. The van der Waals surface area contributed by atoms with Crippen LogP contribution in [0, 0.1) is 5.82 Å². The highest BCUT2D eigenvalue weighted by molar-refractivity contribution is 7.90. The van der Waals surface area contributed by atoms with Crippen molar-refractivity contribution in [2.75, 3.05) is 30.5 Å². The molecule has 3 rings (SSSR count). The van der Waals surface area contributed by atoms with Crippen molar-refractivity contribution >= 4 is 33.3 Å². The molecule has 0 saturated heterocycles. The lowest BCUT2D eigenvalue weighted by Crippen LogP contribution is -2.11. The minimum Gasteiger partial charge on any atom is -0.462 e. The topological polar surface area (TPSA) is 144 Å². The van der Waals surface area contributed by atoms with Gasteiger partial charge in [-0.05, 0) is 37.1 Å². The molecule has 11 heteroatoms. The van der Waals surface area contributed by atoms with Crippen molar-refractivity contribution in [1.29, 1.82) is 0 Å². The van der Waals surface area contributed by atoms with E-state index in [0.717, 1.165) is 24.9 Å². The molecule has 2 aromatic carbocycles. The van der Waals surface area contributed by atoms with E-state index in [0.29, 0.717) is 0 Å². The molecule has 176 valence electrons. The number of anilines is 3. The maximum Gasteiger partial charge on any atom is 0.343 e. The van der Waals surface area contributed by atoms with Crippen LogP contribution in [0.15, 0.2) is 59.6 Å². The molecule has 33 heavy (non-hydrogen) atoms. The van der Waals surface area contributed by atoms with E-state index in [1.165, 1.54) is 17.7 Å². The summed E-state index contributed by atoms with van der Waals surface area (Å²) in [4.78, 5) is 19.2. The molecule has 4 N–H and O–H groups in total. The van der Waals surface area contributed by atoms with Crippen LogP contribution in [0.25, 0.3) is 0 Å². The molecule has 1 heterocycles. The molecule has 0 fully saturated rings. The highest BCUT2D eigenvalue weighted by Crippen LogP contribution is 2.22. The van der Waals surface area contributed by atoms with Crippen LogP contribution in [0.2, 0.25) is 0 Å². The van der Waals surface area contributed by atoms with E-state index < -0.39 is 21.6 Å². The Morgan fingerprint density at radius 1 is 1.21 bits per heavy atom. The van der Waals surface area contributed by atoms with E-state index in [1.807, 2.05) is 30.3 Å². The van der Waals surface area contributed by atoms with Gasteiger partial charge in [-0.25, -0.2) is 22.6 Å². The lowest BCUT2D eigenvalue weighted by Gasteiger charge is -2.09. The summed E-state index contributed by atoms with van der Waals surface area (Å²) in [5.74, 6) is -1.63. The second-order valence-electron chi connectivity index (χ2n) is 6.71. The lowest BCUT2D eigenvalue weighted by atomic mass is 10.2. The zero-order valence-corrected chi connectivity index (χ0v) is 19.0. The van der Waals surface area contributed by atoms with E-state index >= 15 is 0 Å². The standard InChI is InChI=1S/C14H15FN4O4S.C8H10O/c1-3-23-13(20)9-7-17-14(19-12(9)16)18-11-5-4-8(6-10(11)15)24(2,21)22;9-7-6-8-4-2-1-3-5-8/h4-7H,3H2,1-2H3,(H3,16,17,18,19);1-5,9H,6-7H2. The number of esters is 1. The van der Waals surface area contributed by atoms with Crippen LogP contribution < -0.4 is 11.1 Å². The number of nitrogens with two attached hydrogens (primary N) is 1. The van der Waals surface area contributed by atoms with Crippen LogP contribution in [-0.2, 0) is 21.0 Å². The Hall–Kier alpha value is -3.57. The minimum absolute atomic E-state index is 0.00436. The number of aliphatic hydroxyl groups excluding tert-OH is 1. The van der Waals surface area contributed by atoms with Gasteiger partial charge in [0.2, 0.25) is 5.95 Å². The molecule has 0 unspecified atom stereocenters. The molecule has 0 atom stereocenters. The average molecular weight is 477 g/mol. The molecular weight excluding hydrogens is 451 g/mol. The molecule has 0 amide bonds. The molecule has 0 aliphatic carbocycles. The van der Waals surface area contributed by atoms with Crippen molar-refractivity contribution < 1.29 is 27.4 Å². The Bertz CT molecular complexity index is 1190. The van der Waals surface area contributed by atoms with Crippen molar-refractivity contribution in [3.05, 3.63) is 71.7 Å². The van der Waals surface area contributed by atoms with Crippen LogP contribution in [0.3, 0.4) is 0 Å². The van der Waals surface area contributed by atoms with Crippen molar-refractivity contribution in [1.82, 2.24) is 9.97 Å². The van der Waals surface area contributed by atoms with Gasteiger partial charge >= 0.3 is 5.97 Å². The van der Waals surface area contributed by atoms with Crippen LogP contribution in [0.5, 0.6) is 0 Å². The van der Waals surface area contributed by atoms with Crippen molar-refractivity contribution in [2.45, 2.75) is 18.2 Å². The first-order valence-corrected chi connectivity index (χ1v) is 11.8. The van der Waals surface area contributed by atoms with Gasteiger partial charge in [0.1, 0.15) is 17.2 Å². The van der Waals surface area contributed by atoms with Gasteiger partial charge in [-0.15, -0.1) is 0 Å². The lowest BCUT2D eigenvalue weighted by molar-refractivity contribution is 0.0526. The first kappa shape index (κ1) is 25.7. The number of nitrogens with one attached hydrogen (secondary N) is 1. The van der Waals surface area contributed by atoms with Crippen LogP contribution >= 0.6 is 0 Å². The second-order valence-corrected chi connectivity index (χ2v) is 8.73. The number of hydrogen-bond donors (Lipinski definition) is 3. The van der Waals surface area contributed by atoms with Gasteiger partial charge in [-0.2, -0.15) is 4.98 Å². The number of aromatic nitrogens is 2. The van der Waals surface area contributed by atoms with Gasteiger partial charge in [0.15, 0.2) is 9.84 Å². The molecule has 0 aliphatic heterocycles. The number of rotatable bonds is 7. The summed E-state index contributed by atoms with van der Waals surface area (Å²) in [7, 11) is -3.51. The Kier molecular flexibility index (Phi) is 9.25. The summed E-state index contributed by atoms with van der Waals surface area (Å²) in [5, 5.41) is 11.1. The summed E-state index contributed by atoms with van der Waals surface area (Å²) in [6.07, 6.45) is 2.90. The monoisotopic (exact) mass is 476 g/mol. The zero-order valence-electron chi connectivity index (χ0n) is 18.2. The first-order valence-electron chi connectivity index (χ1n) is 9.86. The van der Waals surface area contributed by atoms with Gasteiger partial charge in [0.25, 0.3) is 0 Å². The molecule has 0 bridgehead atoms. The van der Waals surface area contributed by atoms with Crippen molar-refractivity contribution in [3.63, 3.8) is 0 Å². The van der Waals surface area contributed by atoms with E-state index in [9.17, 15) is 17.6 Å². The molecular formula is C22H25FN4O5S. The van der Waals surface area contributed by atoms with Crippen molar-refractivity contribution in [2.24, 2.45) is 0 Å². The number of aliphatic hydroxyl groups is 1. The Labute approximate surface area is 191 Å². The van der Waals surface area contributed by atoms with E-state index in [2.05, 4.69) is 15.3 Å². The van der Waals surface area contributed by atoms with E-state index in [1.54, 1.807) is 6.92 Å². The summed E-state index contributed by atoms with van der Waals surface area (Å²) < 4.78 is 41.5. The fourth-order valence-corrected chi connectivity index (χ4v) is 3.18. The smallest absolute Gasteiger partial charge is 0.343 e. The SMILES string of the molecule is CCOC(=O)c1cnc(Nc2ccc(S(C)(=O)=O)cc2F)nc1N.OCCc1ccccc1. The third kappa shape index (κ3) is 7.81. The predicted molar refractivity (Wildman–Crippen MR) is 122 cm³/mol. The number of carbonyl (C=O) groups is 1. The number of halogens is 1. The molecule has 0 saturated carbocycles. The highest BCUT2D eigenvalue weighted by Gasteiger charge is 2.15. The molecule has 0 aliphatic rings. The normalized spacial score (nSPS) is 10.7. The largest absolute Gasteiger partial charge is 0.462 e. The third-order valence-electron chi connectivity index (χ3n) is 4.17. The van der Waals surface area contributed by atoms with Gasteiger partial charge in [-0.3, -0.25) is 0 Å². The third-order valence-corrected chi connectivity index (χ3v) is 5.28. The van der Waals surface area contributed by atoms with Gasteiger partial charge in [-0.1, -0.05) is 30.3 Å². The van der Waals surface area contributed by atoms with E-state index in [4.69, 9.17) is 15.6 Å². The fraction of sp³-hybridized carbons (Fsp3) is 0.227. The fourth-order valence-electron chi connectivity index (χ4n) is 2.54. The number of sulfone groups is 1. The second kappa shape index (κ2) is 11.9.